The highest BCUT2D eigenvalue weighted by Crippen LogP contribution is 2.36. The number of rotatable bonds is 3. The molecule has 21 heavy (non-hydrogen) atoms. The van der Waals surface area contributed by atoms with Crippen LogP contribution in [0.1, 0.15) is 52.9 Å². The van der Waals surface area contributed by atoms with Crippen molar-refractivity contribution in [3.63, 3.8) is 0 Å². The van der Waals surface area contributed by atoms with E-state index in [1.54, 1.807) is 0 Å². The monoisotopic (exact) mass is 298 g/mol. The van der Waals surface area contributed by atoms with Gasteiger partial charge in [0.25, 0.3) is 0 Å². The van der Waals surface area contributed by atoms with E-state index in [2.05, 4.69) is 5.32 Å². The first kappa shape index (κ1) is 16.1. The Balaban J connectivity index is 2.04. The molecule has 2 aliphatic heterocycles. The molecule has 2 bridgehead atoms. The van der Waals surface area contributed by atoms with Gasteiger partial charge in [-0.05, 0) is 31.1 Å². The summed E-state index contributed by atoms with van der Waals surface area (Å²) in [5.41, 5.74) is -0.317. The average molecular weight is 298 g/mol. The van der Waals surface area contributed by atoms with Gasteiger partial charge in [0.1, 0.15) is 0 Å². The van der Waals surface area contributed by atoms with Crippen LogP contribution in [0.3, 0.4) is 0 Å². The lowest BCUT2D eigenvalue weighted by Gasteiger charge is -2.39. The molecule has 2 rings (SSSR count). The normalized spacial score (nSPS) is 30.1. The molecule has 120 valence electrons. The smallest absolute Gasteiger partial charge is 0.318 e. The zero-order valence-corrected chi connectivity index (χ0v) is 13.0. The second kappa shape index (κ2) is 5.83. The summed E-state index contributed by atoms with van der Waals surface area (Å²) in [6.07, 6.45) is 2.71. The summed E-state index contributed by atoms with van der Waals surface area (Å²) in [6, 6.07) is -0.419. The maximum Gasteiger partial charge on any atom is 0.318 e. The van der Waals surface area contributed by atoms with Crippen molar-refractivity contribution in [3.05, 3.63) is 0 Å². The number of carboxylic acids is 1. The number of hydrogen-bond acceptors (Lipinski definition) is 3. The molecule has 3 unspecified atom stereocenters. The van der Waals surface area contributed by atoms with Crippen molar-refractivity contribution in [2.24, 2.45) is 5.41 Å². The van der Waals surface area contributed by atoms with Crippen LogP contribution in [0.4, 0.5) is 4.79 Å². The Morgan fingerprint density at radius 3 is 2.19 bits per heavy atom. The van der Waals surface area contributed by atoms with Crippen molar-refractivity contribution in [2.75, 3.05) is 0 Å². The summed E-state index contributed by atoms with van der Waals surface area (Å²) in [6.45, 7) is 5.78. The first-order valence-corrected chi connectivity index (χ1v) is 7.67. The van der Waals surface area contributed by atoms with Gasteiger partial charge >= 0.3 is 12.0 Å². The molecule has 0 aromatic carbocycles. The van der Waals surface area contributed by atoms with Gasteiger partial charge in [0.15, 0.2) is 0 Å². The zero-order chi connectivity index (χ0) is 15.8. The number of urea groups is 1. The molecule has 0 aliphatic carbocycles. The Bertz CT molecular complexity index is 404. The molecule has 3 N–H and O–H groups in total. The number of piperidine rings is 1. The maximum absolute atomic E-state index is 12.5. The molecule has 0 aromatic rings. The number of carbonyl (C=O) groups excluding carboxylic acids is 1. The van der Waals surface area contributed by atoms with Gasteiger partial charge in [-0.3, -0.25) is 4.79 Å². The van der Waals surface area contributed by atoms with Gasteiger partial charge in [-0.25, -0.2) is 4.79 Å². The van der Waals surface area contributed by atoms with Gasteiger partial charge in [-0.2, -0.15) is 0 Å². The van der Waals surface area contributed by atoms with Gasteiger partial charge in [0.05, 0.1) is 12.5 Å². The van der Waals surface area contributed by atoms with Crippen molar-refractivity contribution in [3.8, 4) is 0 Å². The molecule has 2 fully saturated rings. The Labute approximate surface area is 125 Å². The molecule has 2 heterocycles. The SMILES string of the molecule is CC(C)(C)C(CC(=O)O)NC(=O)N1C2CCC1CC(O)C2. The number of nitrogens with zero attached hydrogens (tertiary/aromatic N) is 1. The predicted octanol–water partition coefficient (Wildman–Crippen LogP) is 1.57. The fraction of sp³-hybridized carbons (Fsp3) is 0.867. The fourth-order valence-electron chi connectivity index (χ4n) is 3.45. The van der Waals surface area contributed by atoms with E-state index in [0.29, 0.717) is 12.8 Å². The lowest BCUT2D eigenvalue weighted by Crippen LogP contribution is -2.56. The molecule has 3 atom stereocenters. The number of aliphatic hydroxyl groups is 1. The van der Waals surface area contributed by atoms with Crippen LogP contribution in [-0.4, -0.2) is 51.3 Å². The molecule has 0 spiro atoms. The topological polar surface area (TPSA) is 89.9 Å². The minimum absolute atomic E-state index is 0.0823. The Morgan fingerprint density at radius 1 is 1.24 bits per heavy atom. The minimum atomic E-state index is -0.910. The number of carbonyl (C=O) groups is 2. The van der Waals surface area contributed by atoms with Gasteiger partial charge in [-0.15, -0.1) is 0 Å². The lowest BCUT2D eigenvalue weighted by atomic mass is 9.85. The summed E-state index contributed by atoms with van der Waals surface area (Å²) >= 11 is 0. The van der Waals surface area contributed by atoms with Gasteiger partial charge in [0, 0.05) is 18.1 Å². The number of nitrogens with one attached hydrogen (secondary N) is 1. The summed E-state index contributed by atoms with van der Waals surface area (Å²) < 4.78 is 0. The fourth-order valence-corrected chi connectivity index (χ4v) is 3.45. The highest BCUT2D eigenvalue weighted by atomic mass is 16.4. The molecule has 2 amide bonds. The van der Waals surface area contributed by atoms with E-state index in [-0.39, 0.29) is 36.1 Å². The molecule has 0 aromatic heterocycles. The number of aliphatic carboxylic acids is 1. The van der Waals surface area contributed by atoms with E-state index >= 15 is 0 Å². The van der Waals surface area contributed by atoms with Crippen LogP contribution in [0.25, 0.3) is 0 Å². The largest absolute Gasteiger partial charge is 0.481 e. The third kappa shape index (κ3) is 3.67. The van der Waals surface area contributed by atoms with Crippen molar-refractivity contribution >= 4 is 12.0 Å². The van der Waals surface area contributed by atoms with E-state index in [0.717, 1.165) is 12.8 Å². The first-order valence-electron chi connectivity index (χ1n) is 7.67. The summed E-state index contributed by atoms with van der Waals surface area (Å²) in [7, 11) is 0. The molecular weight excluding hydrogens is 272 g/mol. The molecular formula is C15H26N2O4. The zero-order valence-electron chi connectivity index (χ0n) is 13.0. The number of fused-ring (bicyclic) bond motifs is 2. The van der Waals surface area contributed by atoms with Gasteiger partial charge < -0.3 is 20.4 Å². The van der Waals surface area contributed by atoms with Crippen molar-refractivity contribution in [1.82, 2.24) is 10.2 Å². The average Bonchev–Trinajstić information content (AvgIpc) is 2.59. The number of amides is 2. The summed E-state index contributed by atoms with van der Waals surface area (Å²) in [5, 5.41) is 21.7. The van der Waals surface area contributed by atoms with Crippen LogP contribution >= 0.6 is 0 Å². The van der Waals surface area contributed by atoms with Crippen molar-refractivity contribution in [1.29, 1.82) is 0 Å². The lowest BCUT2D eigenvalue weighted by molar-refractivity contribution is -0.138. The van der Waals surface area contributed by atoms with E-state index in [1.165, 1.54) is 0 Å². The summed E-state index contributed by atoms with van der Waals surface area (Å²) in [4.78, 5) is 25.4. The quantitative estimate of drug-likeness (QED) is 0.738. The second-order valence-electron chi connectivity index (χ2n) is 7.38. The van der Waals surface area contributed by atoms with Gasteiger partial charge in [0.2, 0.25) is 0 Å². The molecule has 0 radical (unpaired) electrons. The number of carboxylic acid groups (broad SMARTS) is 1. The summed E-state index contributed by atoms with van der Waals surface area (Å²) in [5.74, 6) is -0.910. The standard InChI is InChI=1S/C15H26N2O4/c1-15(2,3)12(8-13(19)20)16-14(21)17-9-4-5-10(17)7-11(18)6-9/h9-12,18H,4-8H2,1-3H3,(H,16,21)(H,19,20). The van der Waals surface area contributed by atoms with Crippen LogP contribution in [0, 0.1) is 5.41 Å². The van der Waals surface area contributed by atoms with E-state index in [1.807, 2.05) is 25.7 Å². The third-order valence-corrected chi connectivity index (χ3v) is 4.66. The maximum atomic E-state index is 12.5. The van der Waals surface area contributed by atoms with E-state index in [9.17, 15) is 14.7 Å². The van der Waals surface area contributed by atoms with Crippen molar-refractivity contribution in [2.45, 2.75) is 77.1 Å². The molecule has 6 nitrogen and oxygen atoms in total. The molecule has 0 saturated carbocycles. The molecule has 2 aliphatic rings. The first-order chi connectivity index (χ1) is 9.68. The Hall–Kier alpha value is -1.30. The predicted molar refractivity (Wildman–Crippen MR) is 77.9 cm³/mol. The molecule has 2 saturated heterocycles. The van der Waals surface area contributed by atoms with Crippen LogP contribution in [0.5, 0.6) is 0 Å². The Morgan fingerprint density at radius 2 is 1.76 bits per heavy atom. The Kier molecular flexibility index (Phi) is 4.46. The highest BCUT2D eigenvalue weighted by Gasteiger charge is 2.43. The van der Waals surface area contributed by atoms with Crippen LogP contribution < -0.4 is 5.32 Å². The van der Waals surface area contributed by atoms with Crippen LogP contribution in [0.15, 0.2) is 0 Å². The van der Waals surface area contributed by atoms with Crippen LogP contribution in [-0.2, 0) is 4.79 Å². The second-order valence-corrected chi connectivity index (χ2v) is 7.38. The highest BCUT2D eigenvalue weighted by molar-refractivity contribution is 5.77. The third-order valence-electron chi connectivity index (χ3n) is 4.66. The van der Waals surface area contributed by atoms with Gasteiger partial charge in [-0.1, -0.05) is 20.8 Å². The minimum Gasteiger partial charge on any atom is -0.481 e. The van der Waals surface area contributed by atoms with E-state index in [4.69, 9.17) is 5.11 Å². The molecule has 6 heteroatoms. The van der Waals surface area contributed by atoms with Crippen molar-refractivity contribution < 1.29 is 19.8 Å². The van der Waals surface area contributed by atoms with E-state index < -0.39 is 12.0 Å². The van der Waals surface area contributed by atoms with Crippen LogP contribution in [0.2, 0.25) is 0 Å². The number of hydrogen-bond donors (Lipinski definition) is 3. The number of aliphatic hydroxyl groups excluding tert-OH is 1.